The second kappa shape index (κ2) is 12.2. The molecule has 0 atom stereocenters. The molecule has 0 spiro atoms. The molecule has 0 amide bonds. The fourth-order valence-corrected chi connectivity index (χ4v) is 0.788. The van der Waals surface area contributed by atoms with Gasteiger partial charge in [0.25, 0.3) is 0 Å². The Bertz CT molecular complexity index is 183. The summed E-state index contributed by atoms with van der Waals surface area (Å²) in [5.74, 6) is 0. The van der Waals surface area contributed by atoms with E-state index in [1.807, 2.05) is 6.92 Å². The summed E-state index contributed by atoms with van der Waals surface area (Å²) in [6.07, 6.45) is 7.93. The van der Waals surface area contributed by atoms with E-state index in [1.54, 1.807) is 6.08 Å². The third kappa shape index (κ3) is 17.3. The number of carbonyl (C=O) groups is 1. The number of aldehydes is 1. The molecule has 0 saturated heterocycles. The molecule has 0 N–H and O–H groups in total. The number of hydrogen-bond acceptors (Lipinski definition) is 1. The second-order valence-corrected chi connectivity index (χ2v) is 3.68. The maximum Gasteiger partial charge on any atom is 0.142 e. The highest BCUT2D eigenvalue weighted by Gasteiger charge is 1.86. The van der Waals surface area contributed by atoms with Gasteiger partial charge in [0, 0.05) is 0 Å². The number of allylic oxidation sites excluding steroid dienone is 4. The lowest BCUT2D eigenvalue weighted by molar-refractivity contribution is -0.104. The van der Waals surface area contributed by atoms with Crippen LogP contribution in [0.4, 0.5) is 0 Å². The lowest BCUT2D eigenvalue weighted by Gasteiger charge is -1.94. The summed E-state index contributed by atoms with van der Waals surface area (Å²) in [5, 5.41) is 0. The Balaban J connectivity index is 0. The monoisotopic (exact) mass is 196 g/mol. The van der Waals surface area contributed by atoms with Gasteiger partial charge in [-0.25, -0.2) is 0 Å². The molecule has 82 valence electrons. The largest absolute Gasteiger partial charge is 0.299 e. The van der Waals surface area contributed by atoms with Gasteiger partial charge >= 0.3 is 0 Å². The Morgan fingerprint density at radius 3 is 2.00 bits per heavy atom. The van der Waals surface area contributed by atoms with E-state index in [1.165, 1.54) is 12.0 Å². The van der Waals surface area contributed by atoms with Crippen LogP contribution in [0.3, 0.4) is 0 Å². The Morgan fingerprint density at radius 2 is 1.64 bits per heavy atom. The van der Waals surface area contributed by atoms with Gasteiger partial charge in [0.1, 0.15) is 6.29 Å². The van der Waals surface area contributed by atoms with Crippen molar-refractivity contribution in [2.24, 2.45) is 0 Å². The smallest absolute Gasteiger partial charge is 0.142 e. The van der Waals surface area contributed by atoms with E-state index in [4.69, 9.17) is 0 Å². The third-order valence-corrected chi connectivity index (χ3v) is 1.44. The SMILES string of the molecule is CC(C)=CCCC(C)=CC=O.CCC. The van der Waals surface area contributed by atoms with Gasteiger partial charge < -0.3 is 0 Å². The van der Waals surface area contributed by atoms with Crippen molar-refractivity contribution in [1.82, 2.24) is 0 Å². The van der Waals surface area contributed by atoms with Crippen molar-refractivity contribution in [3.63, 3.8) is 0 Å². The Morgan fingerprint density at radius 1 is 1.14 bits per heavy atom. The van der Waals surface area contributed by atoms with Crippen LogP contribution in [0.2, 0.25) is 0 Å². The minimum Gasteiger partial charge on any atom is -0.299 e. The number of rotatable bonds is 4. The van der Waals surface area contributed by atoms with Crippen LogP contribution in [0, 0.1) is 0 Å². The van der Waals surface area contributed by atoms with E-state index < -0.39 is 0 Å². The van der Waals surface area contributed by atoms with Gasteiger partial charge in [0.15, 0.2) is 0 Å². The van der Waals surface area contributed by atoms with Crippen LogP contribution < -0.4 is 0 Å². The van der Waals surface area contributed by atoms with E-state index in [2.05, 4.69) is 33.8 Å². The number of hydrogen-bond donors (Lipinski definition) is 0. The molecule has 0 aliphatic heterocycles. The lowest BCUT2D eigenvalue weighted by Crippen LogP contribution is -1.77. The van der Waals surface area contributed by atoms with Crippen LogP contribution in [0.15, 0.2) is 23.3 Å². The first-order valence-corrected chi connectivity index (χ1v) is 5.32. The van der Waals surface area contributed by atoms with Gasteiger partial charge in [0.2, 0.25) is 0 Å². The molecule has 0 aliphatic rings. The van der Waals surface area contributed by atoms with Crippen LogP contribution >= 0.6 is 0 Å². The minimum absolute atomic E-state index is 0.845. The molecule has 0 radical (unpaired) electrons. The topological polar surface area (TPSA) is 17.1 Å². The summed E-state index contributed by atoms with van der Waals surface area (Å²) < 4.78 is 0. The molecule has 0 aromatic heterocycles. The molecular formula is C13H24O. The maximum absolute atomic E-state index is 10.0. The third-order valence-electron chi connectivity index (χ3n) is 1.44. The summed E-state index contributed by atoms with van der Waals surface area (Å²) in [4.78, 5) is 10.0. The fraction of sp³-hybridized carbons (Fsp3) is 0.615. The highest BCUT2D eigenvalue weighted by molar-refractivity contribution is 5.65. The molecule has 0 saturated carbocycles. The predicted molar refractivity (Wildman–Crippen MR) is 64.5 cm³/mol. The predicted octanol–water partition coefficient (Wildman–Crippen LogP) is 4.29. The van der Waals surface area contributed by atoms with Crippen molar-refractivity contribution in [3.8, 4) is 0 Å². The van der Waals surface area contributed by atoms with Crippen molar-refractivity contribution < 1.29 is 4.79 Å². The molecule has 0 rings (SSSR count). The molecule has 14 heavy (non-hydrogen) atoms. The van der Waals surface area contributed by atoms with E-state index in [0.717, 1.165) is 24.7 Å². The van der Waals surface area contributed by atoms with Crippen molar-refractivity contribution >= 4 is 6.29 Å². The molecule has 0 aromatic rings. The summed E-state index contributed by atoms with van der Waals surface area (Å²) >= 11 is 0. The molecule has 0 unspecified atom stereocenters. The first-order chi connectivity index (χ1) is 6.58. The molecule has 0 aromatic carbocycles. The summed E-state index contributed by atoms with van der Waals surface area (Å²) in [6.45, 7) is 10.4. The average Bonchev–Trinajstić information content (AvgIpc) is 2.05. The zero-order valence-corrected chi connectivity index (χ0v) is 10.3. The Hall–Kier alpha value is -0.850. The molecule has 1 heteroatoms. The number of carbonyl (C=O) groups excluding carboxylic acids is 1. The van der Waals surface area contributed by atoms with Crippen molar-refractivity contribution in [2.45, 2.75) is 53.9 Å². The fourth-order valence-electron chi connectivity index (χ4n) is 0.788. The quantitative estimate of drug-likeness (QED) is 0.372. The van der Waals surface area contributed by atoms with Crippen LogP contribution in [-0.4, -0.2) is 6.29 Å². The van der Waals surface area contributed by atoms with Crippen LogP contribution in [0.25, 0.3) is 0 Å². The van der Waals surface area contributed by atoms with Crippen molar-refractivity contribution in [2.75, 3.05) is 0 Å². The summed E-state index contributed by atoms with van der Waals surface area (Å²) in [5.41, 5.74) is 2.49. The van der Waals surface area contributed by atoms with Gasteiger partial charge in [-0.05, 0) is 39.7 Å². The van der Waals surface area contributed by atoms with Crippen molar-refractivity contribution in [1.29, 1.82) is 0 Å². The van der Waals surface area contributed by atoms with Gasteiger partial charge in [-0.15, -0.1) is 0 Å². The first-order valence-electron chi connectivity index (χ1n) is 5.32. The molecule has 0 fully saturated rings. The average molecular weight is 196 g/mol. The zero-order chi connectivity index (χ0) is 11.4. The molecule has 0 bridgehead atoms. The zero-order valence-electron chi connectivity index (χ0n) is 10.3. The van der Waals surface area contributed by atoms with Gasteiger partial charge in [-0.1, -0.05) is 37.5 Å². The van der Waals surface area contributed by atoms with Gasteiger partial charge in [0.05, 0.1) is 0 Å². The molecule has 1 nitrogen and oxygen atoms in total. The van der Waals surface area contributed by atoms with E-state index in [9.17, 15) is 4.79 Å². The Kier molecular flexibility index (Phi) is 13.6. The van der Waals surface area contributed by atoms with Gasteiger partial charge in [-0.3, -0.25) is 4.79 Å². The molecular weight excluding hydrogens is 172 g/mol. The van der Waals surface area contributed by atoms with Crippen LogP contribution in [-0.2, 0) is 4.79 Å². The normalized spacial score (nSPS) is 9.93. The van der Waals surface area contributed by atoms with E-state index >= 15 is 0 Å². The highest BCUT2D eigenvalue weighted by atomic mass is 16.1. The molecule has 0 heterocycles. The van der Waals surface area contributed by atoms with Crippen LogP contribution in [0.1, 0.15) is 53.9 Å². The highest BCUT2D eigenvalue weighted by Crippen LogP contribution is 2.05. The second-order valence-electron chi connectivity index (χ2n) is 3.68. The Labute approximate surface area is 88.9 Å². The maximum atomic E-state index is 10.0. The summed E-state index contributed by atoms with van der Waals surface area (Å²) in [7, 11) is 0. The van der Waals surface area contributed by atoms with Gasteiger partial charge in [-0.2, -0.15) is 0 Å². The lowest BCUT2D eigenvalue weighted by atomic mass is 10.1. The summed E-state index contributed by atoms with van der Waals surface area (Å²) in [6, 6.07) is 0. The minimum atomic E-state index is 0.845. The van der Waals surface area contributed by atoms with E-state index in [-0.39, 0.29) is 0 Å². The van der Waals surface area contributed by atoms with Crippen molar-refractivity contribution in [3.05, 3.63) is 23.3 Å². The first kappa shape index (κ1) is 15.6. The van der Waals surface area contributed by atoms with E-state index in [0.29, 0.717) is 0 Å². The molecule has 0 aliphatic carbocycles. The van der Waals surface area contributed by atoms with Crippen LogP contribution in [0.5, 0.6) is 0 Å². The standard InChI is InChI=1S/C10H16O.C3H8/c1-9(2)5-4-6-10(3)7-8-11;1-3-2/h5,7-8H,4,6H2,1-3H3;3H2,1-2H3.